The Balaban J connectivity index is 2.13. The van der Waals surface area contributed by atoms with Gasteiger partial charge in [0.2, 0.25) is 0 Å². The van der Waals surface area contributed by atoms with Crippen LogP contribution in [0.4, 0.5) is 0 Å². The smallest absolute Gasteiger partial charge is 0.0616 e. The van der Waals surface area contributed by atoms with E-state index in [0.29, 0.717) is 6.61 Å². The van der Waals surface area contributed by atoms with Gasteiger partial charge in [-0.2, -0.15) is 0 Å². The van der Waals surface area contributed by atoms with Crippen LogP contribution in [0.15, 0.2) is 35.2 Å². The lowest BCUT2D eigenvalue weighted by Gasteiger charge is -2.16. The lowest BCUT2D eigenvalue weighted by atomic mass is 10.2. The number of aliphatic hydroxyl groups excluding tert-OH is 1. The van der Waals surface area contributed by atoms with Crippen molar-refractivity contribution in [3.63, 3.8) is 0 Å². The van der Waals surface area contributed by atoms with Crippen molar-refractivity contribution in [1.82, 2.24) is 5.32 Å². The monoisotopic (exact) mass is 255 g/mol. The van der Waals surface area contributed by atoms with Crippen LogP contribution in [-0.2, 0) is 4.74 Å². The molecule has 0 fully saturated rings. The van der Waals surface area contributed by atoms with Gasteiger partial charge < -0.3 is 15.2 Å². The molecular weight excluding hydrogens is 234 g/mol. The molecular formula is C13H21NO2S. The van der Waals surface area contributed by atoms with Gasteiger partial charge in [-0.25, -0.2) is 0 Å². The molecule has 0 aliphatic rings. The van der Waals surface area contributed by atoms with E-state index in [-0.39, 0.29) is 12.6 Å². The SMILES string of the molecule is COCC(CCO)NCCSc1ccccc1. The summed E-state index contributed by atoms with van der Waals surface area (Å²) < 4.78 is 5.09. The first-order valence-electron chi connectivity index (χ1n) is 5.88. The summed E-state index contributed by atoms with van der Waals surface area (Å²) in [5.41, 5.74) is 0. The van der Waals surface area contributed by atoms with Gasteiger partial charge in [-0.1, -0.05) is 18.2 Å². The Hall–Kier alpha value is -0.550. The number of rotatable bonds is 9. The van der Waals surface area contributed by atoms with Gasteiger partial charge in [0, 0.05) is 37.0 Å². The van der Waals surface area contributed by atoms with Gasteiger partial charge in [-0.05, 0) is 18.6 Å². The maximum Gasteiger partial charge on any atom is 0.0616 e. The minimum Gasteiger partial charge on any atom is -0.396 e. The first-order chi connectivity index (χ1) is 8.36. The van der Waals surface area contributed by atoms with Gasteiger partial charge >= 0.3 is 0 Å². The molecule has 0 heterocycles. The van der Waals surface area contributed by atoms with E-state index in [4.69, 9.17) is 9.84 Å². The van der Waals surface area contributed by atoms with E-state index in [1.807, 2.05) is 17.8 Å². The summed E-state index contributed by atoms with van der Waals surface area (Å²) in [6, 6.07) is 10.6. The number of hydrogen-bond donors (Lipinski definition) is 2. The Kier molecular flexibility index (Phi) is 8.09. The van der Waals surface area contributed by atoms with Crippen LogP contribution in [0.1, 0.15) is 6.42 Å². The average molecular weight is 255 g/mol. The predicted octanol–water partition coefficient (Wildman–Crippen LogP) is 1.77. The number of methoxy groups -OCH3 is 1. The van der Waals surface area contributed by atoms with Crippen molar-refractivity contribution in [2.45, 2.75) is 17.4 Å². The average Bonchev–Trinajstić information content (AvgIpc) is 2.36. The highest BCUT2D eigenvalue weighted by Crippen LogP contribution is 2.15. The second-order valence-electron chi connectivity index (χ2n) is 3.78. The largest absolute Gasteiger partial charge is 0.396 e. The third kappa shape index (κ3) is 6.68. The molecule has 17 heavy (non-hydrogen) atoms. The molecule has 1 rings (SSSR count). The van der Waals surface area contributed by atoms with Gasteiger partial charge in [0.05, 0.1) is 6.61 Å². The zero-order chi connectivity index (χ0) is 12.3. The van der Waals surface area contributed by atoms with Crippen LogP contribution in [0.25, 0.3) is 0 Å². The van der Waals surface area contributed by atoms with E-state index in [2.05, 4.69) is 29.6 Å². The van der Waals surface area contributed by atoms with Crippen LogP contribution in [0.2, 0.25) is 0 Å². The van der Waals surface area contributed by atoms with Crippen molar-refractivity contribution >= 4 is 11.8 Å². The highest BCUT2D eigenvalue weighted by atomic mass is 32.2. The van der Waals surface area contributed by atoms with Crippen LogP contribution >= 0.6 is 11.8 Å². The van der Waals surface area contributed by atoms with Gasteiger partial charge in [0.1, 0.15) is 0 Å². The zero-order valence-electron chi connectivity index (χ0n) is 10.3. The van der Waals surface area contributed by atoms with Crippen LogP contribution < -0.4 is 5.32 Å². The highest BCUT2D eigenvalue weighted by Gasteiger charge is 2.06. The maximum atomic E-state index is 8.90. The Morgan fingerprint density at radius 1 is 1.35 bits per heavy atom. The van der Waals surface area contributed by atoms with E-state index < -0.39 is 0 Å². The van der Waals surface area contributed by atoms with Crippen LogP contribution in [0.3, 0.4) is 0 Å². The van der Waals surface area contributed by atoms with Crippen molar-refractivity contribution < 1.29 is 9.84 Å². The standard InChI is InChI=1S/C13H21NO2S/c1-16-11-12(7-9-15)14-8-10-17-13-5-3-2-4-6-13/h2-6,12,14-15H,7-11H2,1H3. The summed E-state index contributed by atoms with van der Waals surface area (Å²) in [6.07, 6.45) is 0.740. The molecule has 0 saturated carbocycles. The molecule has 1 aromatic rings. The van der Waals surface area contributed by atoms with Crippen molar-refractivity contribution in [3.05, 3.63) is 30.3 Å². The third-order valence-electron chi connectivity index (χ3n) is 2.39. The highest BCUT2D eigenvalue weighted by molar-refractivity contribution is 7.99. The molecule has 0 aliphatic heterocycles. The molecule has 2 N–H and O–H groups in total. The third-order valence-corrected chi connectivity index (χ3v) is 3.41. The number of thioether (sulfide) groups is 1. The molecule has 96 valence electrons. The van der Waals surface area contributed by atoms with Gasteiger partial charge in [0.25, 0.3) is 0 Å². The van der Waals surface area contributed by atoms with E-state index in [9.17, 15) is 0 Å². The molecule has 0 aromatic heterocycles. The lowest BCUT2D eigenvalue weighted by Crippen LogP contribution is -2.35. The second-order valence-corrected chi connectivity index (χ2v) is 4.95. The molecule has 1 unspecified atom stereocenters. The maximum absolute atomic E-state index is 8.90. The number of nitrogens with one attached hydrogen (secondary N) is 1. The number of aliphatic hydroxyl groups is 1. The Labute approximate surface area is 108 Å². The quantitative estimate of drug-likeness (QED) is 0.521. The topological polar surface area (TPSA) is 41.5 Å². The summed E-state index contributed by atoms with van der Waals surface area (Å²) >= 11 is 1.83. The van der Waals surface area contributed by atoms with Crippen LogP contribution in [-0.4, -0.2) is 43.8 Å². The van der Waals surface area contributed by atoms with E-state index in [1.165, 1.54) is 4.90 Å². The minimum atomic E-state index is 0.201. The van der Waals surface area contributed by atoms with Crippen molar-refractivity contribution in [3.8, 4) is 0 Å². The first-order valence-corrected chi connectivity index (χ1v) is 6.86. The summed E-state index contributed by atoms with van der Waals surface area (Å²) in [7, 11) is 1.69. The zero-order valence-corrected chi connectivity index (χ0v) is 11.1. The van der Waals surface area contributed by atoms with Crippen molar-refractivity contribution in [2.75, 3.05) is 32.6 Å². The summed E-state index contributed by atoms with van der Waals surface area (Å²) in [6.45, 7) is 1.77. The van der Waals surface area contributed by atoms with Crippen LogP contribution in [0, 0.1) is 0 Å². The number of benzene rings is 1. The fourth-order valence-electron chi connectivity index (χ4n) is 1.55. The lowest BCUT2D eigenvalue weighted by molar-refractivity contribution is 0.150. The summed E-state index contributed by atoms with van der Waals surface area (Å²) in [4.78, 5) is 1.29. The molecule has 0 spiro atoms. The Morgan fingerprint density at radius 2 is 2.12 bits per heavy atom. The molecule has 1 aromatic carbocycles. The minimum absolute atomic E-state index is 0.201. The van der Waals surface area contributed by atoms with E-state index >= 15 is 0 Å². The summed E-state index contributed by atoms with van der Waals surface area (Å²) in [5, 5.41) is 12.3. The summed E-state index contributed by atoms with van der Waals surface area (Å²) in [5.74, 6) is 1.02. The predicted molar refractivity (Wildman–Crippen MR) is 72.5 cm³/mol. The number of ether oxygens (including phenoxy) is 1. The second kappa shape index (κ2) is 9.48. The molecule has 1 atom stereocenters. The van der Waals surface area contributed by atoms with E-state index in [0.717, 1.165) is 18.7 Å². The molecule has 0 aliphatic carbocycles. The van der Waals surface area contributed by atoms with Gasteiger partial charge in [0.15, 0.2) is 0 Å². The van der Waals surface area contributed by atoms with Crippen molar-refractivity contribution in [1.29, 1.82) is 0 Å². The fraction of sp³-hybridized carbons (Fsp3) is 0.538. The first kappa shape index (κ1) is 14.5. The molecule has 0 saturated heterocycles. The Morgan fingerprint density at radius 3 is 2.76 bits per heavy atom. The Bertz CT molecular complexity index is 276. The van der Waals surface area contributed by atoms with E-state index in [1.54, 1.807) is 7.11 Å². The number of hydrogen-bond acceptors (Lipinski definition) is 4. The molecule has 0 amide bonds. The van der Waals surface area contributed by atoms with Crippen molar-refractivity contribution in [2.24, 2.45) is 0 Å². The molecule has 3 nitrogen and oxygen atoms in total. The fourth-order valence-corrected chi connectivity index (χ4v) is 2.36. The van der Waals surface area contributed by atoms with Gasteiger partial charge in [-0.15, -0.1) is 11.8 Å². The van der Waals surface area contributed by atoms with Crippen LogP contribution in [0.5, 0.6) is 0 Å². The molecule has 0 radical (unpaired) electrons. The van der Waals surface area contributed by atoms with Gasteiger partial charge in [-0.3, -0.25) is 0 Å². The normalized spacial score (nSPS) is 12.6. The molecule has 0 bridgehead atoms. The molecule has 4 heteroatoms.